The molecule has 3 N–H and O–H groups in total. The number of amides is 1. The van der Waals surface area contributed by atoms with Crippen LogP contribution in [0.3, 0.4) is 0 Å². The van der Waals surface area contributed by atoms with Crippen molar-refractivity contribution in [1.29, 1.82) is 0 Å². The van der Waals surface area contributed by atoms with E-state index in [2.05, 4.69) is 10.5 Å². The third kappa shape index (κ3) is 2.87. The van der Waals surface area contributed by atoms with E-state index in [0.717, 1.165) is 22.5 Å². The van der Waals surface area contributed by atoms with Crippen molar-refractivity contribution in [3.63, 3.8) is 0 Å². The normalized spacial score (nSPS) is 11.2. The second-order valence-corrected chi connectivity index (χ2v) is 5.11. The number of phenolic OH excluding ortho intramolecular Hbond substituents is 2. The van der Waals surface area contributed by atoms with Crippen LogP contribution in [0.15, 0.2) is 53.8 Å². The molecule has 0 fully saturated rings. The second-order valence-electron chi connectivity index (χ2n) is 5.11. The predicted molar refractivity (Wildman–Crippen MR) is 87.8 cm³/mol. The van der Waals surface area contributed by atoms with Gasteiger partial charge in [0.15, 0.2) is 0 Å². The topological polar surface area (TPSA) is 86.9 Å². The maximum atomic E-state index is 12.0. The number of hydrogen-bond donors (Lipinski definition) is 3. The Morgan fingerprint density at radius 3 is 2.78 bits per heavy atom. The molecule has 3 aromatic rings. The molecule has 0 unspecified atom stereocenters. The monoisotopic (exact) mass is 309 g/mol. The van der Waals surface area contributed by atoms with Gasteiger partial charge in [-0.1, -0.05) is 18.2 Å². The predicted octanol–water partition coefficient (Wildman–Crippen LogP) is 2.35. The van der Waals surface area contributed by atoms with E-state index in [1.54, 1.807) is 6.21 Å². The minimum Gasteiger partial charge on any atom is -0.508 e. The highest BCUT2D eigenvalue weighted by atomic mass is 16.3. The Bertz CT molecular complexity index is 913. The molecule has 0 saturated carbocycles. The molecule has 23 heavy (non-hydrogen) atoms. The summed E-state index contributed by atoms with van der Waals surface area (Å²) in [7, 11) is 1.94. The summed E-state index contributed by atoms with van der Waals surface area (Å²) in [5, 5.41) is 23.8. The fraction of sp³-hybridized carbons (Fsp3) is 0.0588. The smallest absolute Gasteiger partial charge is 0.275 e. The van der Waals surface area contributed by atoms with Gasteiger partial charge in [0, 0.05) is 35.8 Å². The molecule has 0 spiro atoms. The van der Waals surface area contributed by atoms with E-state index in [-0.39, 0.29) is 17.1 Å². The lowest BCUT2D eigenvalue weighted by Gasteiger charge is -2.03. The number of aromatic hydroxyl groups is 2. The SMILES string of the molecule is Cn1cc(/C=N\NC(=O)c2ccc(O)cc2O)c2ccccc21. The zero-order valence-electron chi connectivity index (χ0n) is 12.4. The largest absolute Gasteiger partial charge is 0.508 e. The van der Waals surface area contributed by atoms with Crippen molar-refractivity contribution in [3.8, 4) is 11.5 Å². The molecule has 0 aliphatic rings. The van der Waals surface area contributed by atoms with Crippen molar-refractivity contribution in [2.45, 2.75) is 0 Å². The second kappa shape index (κ2) is 5.84. The van der Waals surface area contributed by atoms with Crippen LogP contribution in [0.5, 0.6) is 11.5 Å². The number of rotatable bonds is 3. The number of hydrazone groups is 1. The number of carbonyl (C=O) groups excluding carboxylic acids is 1. The maximum absolute atomic E-state index is 12.0. The number of aromatic nitrogens is 1. The van der Waals surface area contributed by atoms with Crippen LogP contribution in [0, 0.1) is 0 Å². The first-order valence-corrected chi connectivity index (χ1v) is 6.95. The van der Waals surface area contributed by atoms with Crippen molar-refractivity contribution >= 4 is 23.0 Å². The quantitative estimate of drug-likeness (QED) is 0.513. The summed E-state index contributed by atoms with van der Waals surface area (Å²) < 4.78 is 1.98. The molecule has 6 nitrogen and oxygen atoms in total. The molecule has 1 heterocycles. The molecule has 0 atom stereocenters. The van der Waals surface area contributed by atoms with Gasteiger partial charge in [0.2, 0.25) is 0 Å². The van der Waals surface area contributed by atoms with Gasteiger partial charge in [-0.3, -0.25) is 4.79 Å². The van der Waals surface area contributed by atoms with Crippen LogP contribution < -0.4 is 5.43 Å². The number of carbonyl (C=O) groups is 1. The van der Waals surface area contributed by atoms with Crippen molar-refractivity contribution in [2.24, 2.45) is 12.1 Å². The zero-order chi connectivity index (χ0) is 16.4. The summed E-state index contributed by atoms with van der Waals surface area (Å²) in [5.74, 6) is -0.972. The van der Waals surface area contributed by atoms with E-state index >= 15 is 0 Å². The van der Waals surface area contributed by atoms with Gasteiger partial charge in [0.1, 0.15) is 11.5 Å². The highest BCUT2D eigenvalue weighted by Crippen LogP contribution is 2.22. The van der Waals surface area contributed by atoms with Crippen molar-refractivity contribution in [2.75, 3.05) is 0 Å². The molecule has 0 radical (unpaired) electrons. The van der Waals surface area contributed by atoms with Crippen LogP contribution in [0.25, 0.3) is 10.9 Å². The molecule has 2 aromatic carbocycles. The van der Waals surface area contributed by atoms with Gasteiger partial charge < -0.3 is 14.8 Å². The highest BCUT2D eigenvalue weighted by molar-refractivity contribution is 6.01. The molecule has 0 saturated heterocycles. The van der Waals surface area contributed by atoms with E-state index in [1.807, 2.05) is 42.1 Å². The van der Waals surface area contributed by atoms with Crippen molar-refractivity contribution < 1.29 is 15.0 Å². The number of hydrogen-bond acceptors (Lipinski definition) is 4. The number of phenols is 2. The average molecular weight is 309 g/mol. The summed E-state index contributed by atoms with van der Waals surface area (Å²) in [4.78, 5) is 12.0. The van der Waals surface area contributed by atoms with Gasteiger partial charge >= 0.3 is 0 Å². The lowest BCUT2D eigenvalue weighted by Crippen LogP contribution is -2.17. The minimum absolute atomic E-state index is 0.0397. The average Bonchev–Trinajstić information content (AvgIpc) is 2.84. The first-order valence-electron chi connectivity index (χ1n) is 6.95. The summed E-state index contributed by atoms with van der Waals surface area (Å²) in [6.45, 7) is 0. The van der Waals surface area contributed by atoms with Gasteiger partial charge in [-0.05, 0) is 18.2 Å². The van der Waals surface area contributed by atoms with Crippen LogP contribution in [-0.2, 0) is 7.05 Å². The van der Waals surface area contributed by atoms with Crippen molar-refractivity contribution in [1.82, 2.24) is 9.99 Å². The third-order valence-corrected chi connectivity index (χ3v) is 3.52. The third-order valence-electron chi connectivity index (χ3n) is 3.52. The molecule has 1 aromatic heterocycles. The van der Waals surface area contributed by atoms with E-state index in [1.165, 1.54) is 12.1 Å². The van der Waals surface area contributed by atoms with Crippen LogP contribution in [-0.4, -0.2) is 26.9 Å². The summed E-state index contributed by atoms with van der Waals surface area (Å²) in [6.07, 6.45) is 3.47. The number of aryl methyl sites for hydroxylation is 1. The van der Waals surface area contributed by atoms with Gasteiger partial charge in [0.05, 0.1) is 11.8 Å². The molecule has 0 aliphatic carbocycles. The number of benzene rings is 2. The molecule has 3 rings (SSSR count). The van der Waals surface area contributed by atoms with Crippen molar-refractivity contribution in [3.05, 3.63) is 59.8 Å². The van der Waals surface area contributed by atoms with Crippen LogP contribution >= 0.6 is 0 Å². The maximum Gasteiger partial charge on any atom is 0.275 e. The standard InChI is InChI=1S/C17H15N3O3/c1-20-10-11(13-4-2-3-5-15(13)20)9-18-19-17(23)14-7-6-12(21)8-16(14)22/h2-10,21-22H,1H3,(H,19,23)/b18-9-. The Morgan fingerprint density at radius 1 is 1.22 bits per heavy atom. The molecule has 0 bridgehead atoms. The van der Waals surface area contributed by atoms with Crippen LogP contribution in [0.4, 0.5) is 0 Å². The molecule has 1 amide bonds. The van der Waals surface area contributed by atoms with E-state index in [9.17, 15) is 15.0 Å². The lowest BCUT2D eigenvalue weighted by molar-refractivity contribution is 0.0952. The Hall–Kier alpha value is -3.28. The zero-order valence-corrected chi connectivity index (χ0v) is 12.4. The Kier molecular flexibility index (Phi) is 3.72. The lowest BCUT2D eigenvalue weighted by atomic mass is 10.2. The van der Waals surface area contributed by atoms with E-state index < -0.39 is 5.91 Å². The number of nitrogens with one attached hydrogen (secondary N) is 1. The molecule has 0 aliphatic heterocycles. The summed E-state index contributed by atoms with van der Waals surface area (Å²) in [6, 6.07) is 11.6. The van der Waals surface area contributed by atoms with Crippen LogP contribution in [0.2, 0.25) is 0 Å². The first kappa shape index (κ1) is 14.6. The van der Waals surface area contributed by atoms with E-state index in [0.29, 0.717) is 0 Å². The Balaban J connectivity index is 1.79. The summed E-state index contributed by atoms with van der Waals surface area (Å²) in [5.41, 5.74) is 4.34. The van der Waals surface area contributed by atoms with Gasteiger partial charge in [-0.25, -0.2) is 5.43 Å². The first-order chi connectivity index (χ1) is 11.1. The Labute approximate surface area is 132 Å². The Morgan fingerprint density at radius 2 is 2.00 bits per heavy atom. The molecular formula is C17H15N3O3. The fourth-order valence-electron chi connectivity index (χ4n) is 2.41. The van der Waals surface area contributed by atoms with Crippen LogP contribution in [0.1, 0.15) is 15.9 Å². The number of fused-ring (bicyclic) bond motifs is 1. The number of nitrogens with zero attached hydrogens (tertiary/aromatic N) is 2. The van der Waals surface area contributed by atoms with E-state index in [4.69, 9.17) is 0 Å². The highest BCUT2D eigenvalue weighted by Gasteiger charge is 2.10. The van der Waals surface area contributed by atoms with Gasteiger partial charge in [-0.15, -0.1) is 0 Å². The molecular weight excluding hydrogens is 294 g/mol. The summed E-state index contributed by atoms with van der Waals surface area (Å²) >= 11 is 0. The van der Waals surface area contributed by atoms with Gasteiger partial charge in [-0.2, -0.15) is 5.10 Å². The minimum atomic E-state index is -0.556. The number of para-hydroxylation sites is 1. The van der Waals surface area contributed by atoms with Gasteiger partial charge in [0.25, 0.3) is 5.91 Å². The fourth-order valence-corrected chi connectivity index (χ4v) is 2.41. The molecule has 6 heteroatoms. The molecule has 116 valence electrons.